The summed E-state index contributed by atoms with van der Waals surface area (Å²) in [5.41, 5.74) is 6.03. The zero-order valence-corrected chi connectivity index (χ0v) is 26.4. The second kappa shape index (κ2) is 17.7. The smallest absolute Gasteiger partial charge is 0.326 e. The number of carbonyl (C=O) groups excluding carboxylic acids is 3. The first-order valence-corrected chi connectivity index (χ1v) is 15.2. The van der Waals surface area contributed by atoms with Crippen molar-refractivity contribution < 1.29 is 54.0 Å². The third kappa shape index (κ3) is 11.7. The van der Waals surface area contributed by atoms with Crippen molar-refractivity contribution in [2.75, 3.05) is 34.8 Å². The summed E-state index contributed by atoms with van der Waals surface area (Å²) in [7, 11) is 0. The molecule has 13 N–H and O–H groups in total. The number of nitrogen functional groups attached to an aromatic ring is 1. The molecule has 0 spiro atoms. The second-order valence-corrected chi connectivity index (χ2v) is 11.1. The molecule has 1 unspecified atom stereocenters. The Kier molecular flexibility index (Phi) is 13.4. The Hall–Kier alpha value is -6.41. The van der Waals surface area contributed by atoms with Gasteiger partial charge in [-0.05, 0) is 43.5 Å². The highest BCUT2D eigenvalue weighted by Gasteiger charge is 2.31. The molecule has 0 bridgehead atoms. The highest BCUT2D eigenvalue weighted by atomic mass is 16.4. The Morgan fingerprint density at radius 1 is 0.800 bits per heavy atom. The Balaban J connectivity index is 1.65. The van der Waals surface area contributed by atoms with Gasteiger partial charge in [0.05, 0.1) is 6.04 Å². The van der Waals surface area contributed by atoms with Gasteiger partial charge in [-0.2, -0.15) is 4.98 Å². The van der Waals surface area contributed by atoms with Crippen LogP contribution < -0.4 is 43.2 Å². The van der Waals surface area contributed by atoms with E-state index in [4.69, 9.17) is 15.9 Å². The molecule has 0 saturated heterocycles. The highest BCUT2D eigenvalue weighted by Crippen LogP contribution is 2.20. The summed E-state index contributed by atoms with van der Waals surface area (Å²) in [6, 6.07) is 0.939. The van der Waals surface area contributed by atoms with Gasteiger partial charge in [0.15, 0.2) is 5.82 Å². The van der Waals surface area contributed by atoms with E-state index in [1.54, 1.807) is 12.1 Å². The molecule has 50 heavy (non-hydrogen) atoms. The first-order chi connectivity index (χ1) is 23.6. The monoisotopic (exact) mass is 703 g/mol. The summed E-state index contributed by atoms with van der Waals surface area (Å²) >= 11 is 0. The molecule has 0 saturated carbocycles. The van der Waals surface area contributed by atoms with Gasteiger partial charge < -0.3 is 58.1 Å². The maximum atomic E-state index is 13.2. The van der Waals surface area contributed by atoms with Gasteiger partial charge in [-0.15, -0.1) is 0 Å². The summed E-state index contributed by atoms with van der Waals surface area (Å²) in [6.07, 6.45) is -3.25. The Labute approximate surface area is 282 Å². The molecule has 21 nitrogen and oxygen atoms in total. The van der Waals surface area contributed by atoms with E-state index in [0.717, 1.165) is 0 Å². The van der Waals surface area contributed by atoms with E-state index < -0.39 is 104 Å². The molecule has 2 aromatic rings. The predicted molar refractivity (Wildman–Crippen MR) is 173 cm³/mol. The summed E-state index contributed by atoms with van der Waals surface area (Å²) < 4.78 is 0. The Bertz CT molecular complexity index is 1660. The number of H-pyrrole nitrogens is 1. The number of carbonyl (C=O) groups is 7. The number of nitrogens with two attached hydrogens (primary N) is 1. The van der Waals surface area contributed by atoms with Crippen LogP contribution in [0.1, 0.15) is 48.9 Å². The molecule has 1 aromatic carbocycles. The zero-order chi connectivity index (χ0) is 37.0. The first-order valence-electron chi connectivity index (χ1n) is 15.2. The summed E-state index contributed by atoms with van der Waals surface area (Å²) in [5.74, 6) is -8.19. The molecule has 2 heterocycles. The average Bonchev–Trinajstić information content (AvgIpc) is 3.05. The number of nitrogens with one attached hydrogen (secondary N) is 7. The molecule has 1 aromatic heterocycles. The van der Waals surface area contributed by atoms with E-state index in [0.29, 0.717) is 24.6 Å². The minimum Gasteiger partial charge on any atom is -0.481 e. The van der Waals surface area contributed by atoms with Gasteiger partial charge in [0.2, 0.25) is 17.8 Å². The number of fused-ring (bicyclic) bond motifs is 1. The number of carboxylic acids is 4. The molecule has 270 valence electrons. The normalized spacial score (nSPS) is 15.0. The van der Waals surface area contributed by atoms with Crippen molar-refractivity contribution in [2.24, 2.45) is 0 Å². The molecule has 21 heteroatoms. The van der Waals surface area contributed by atoms with Crippen LogP contribution in [0.15, 0.2) is 29.1 Å². The molecule has 0 radical (unpaired) electrons. The Morgan fingerprint density at radius 3 is 1.86 bits per heavy atom. The first kappa shape index (κ1) is 38.0. The fourth-order valence-corrected chi connectivity index (χ4v) is 4.72. The van der Waals surface area contributed by atoms with Crippen molar-refractivity contribution in [1.29, 1.82) is 0 Å². The largest absolute Gasteiger partial charge is 0.481 e. The van der Waals surface area contributed by atoms with E-state index in [2.05, 4.69) is 41.9 Å². The molecule has 4 atom stereocenters. The average molecular weight is 704 g/mol. The lowest BCUT2D eigenvalue weighted by atomic mass is 10.1. The fraction of sp³-hybridized carbons (Fsp3) is 0.414. The number of aromatic nitrogens is 2. The molecule has 0 aliphatic carbocycles. The maximum absolute atomic E-state index is 13.2. The van der Waals surface area contributed by atoms with Crippen LogP contribution in [-0.2, 0) is 28.8 Å². The molecule has 0 fully saturated rings. The molecule has 3 amide bonds. The van der Waals surface area contributed by atoms with Crippen LogP contribution in [0.3, 0.4) is 0 Å². The summed E-state index contributed by atoms with van der Waals surface area (Å²) in [6.45, 7) is 0.766. The number of hydrogen-bond acceptors (Lipinski definition) is 13. The minimum atomic E-state index is -1.67. The summed E-state index contributed by atoms with van der Waals surface area (Å²) in [4.78, 5) is 103. The number of hydrogen-bond donors (Lipinski definition) is 12. The van der Waals surface area contributed by atoms with Crippen LogP contribution in [0.4, 0.5) is 23.1 Å². The van der Waals surface area contributed by atoms with Gasteiger partial charge in [-0.25, -0.2) is 4.79 Å². The van der Waals surface area contributed by atoms with Gasteiger partial charge >= 0.3 is 23.9 Å². The minimum absolute atomic E-state index is 0.0256. The number of aromatic amines is 1. The predicted octanol–water partition coefficient (Wildman–Crippen LogP) is -1.58. The standard InChI is InChI=1S/C29H37N9O12/c30-29-37-23-22(27(48)38-29)33-15(12-32-23)11-31-14-3-1-13(2-4-14)24(45)34-16(5-8-19(39)40)25(46)35-17(6-9-20(41)42)26(47)36-18(28(49)50)7-10-21(43)44/h1-4,15-18,31,33H,5-12H2,(H,34,45)(H,35,46)(H,36,47)(H,39,40)(H,41,42)(H,43,44)(H,49,50)(H4,30,32,37,38,48)/t15?,16-,17-,18-/m0/s1. The number of anilines is 4. The second-order valence-electron chi connectivity index (χ2n) is 11.1. The van der Waals surface area contributed by atoms with Crippen LogP contribution in [-0.4, -0.2) is 109 Å². The SMILES string of the molecule is Nc1nc2c(c(=O)[nH]1)NC(CNc1ccc(C(=O)N[C@@H](CCC(=O)O)C(=O)N[C@@H](CCC(=O)O)C(=O)N[C@@H](CCC(=O)O)C(=O)O)cc1)CN2. The molecular weight excluding hydrogens is 666 g/mol. The number of nitrogens with zero attached hydrogens (tertiary/aromatic N) is 1. The van der Waals surface area contributed by atoms with Crippen molar-refractivity contribution in [3.05, 3.63) is 40.2 Å². The van der Waals surface area contributed by atoms with E-state index in [9.17, 15) is 48.6 Å². The lowest BCUT2D eigenvalue weighted by Gasteiger charge is -2.27. The van der Waals surface area contributed by atoms with Crippen LogP contribution in [0, 0.1) is 0 Å². The van der Waals surface area contributed by atoms with Gasteiger partial charge in [-0.3, -0.25) is 38.5 Å². The summed E-state index contributed by atoms with van der Waals surface area (Å²) in [5, 5.41) is 52.5. The molecule has 1 aliphatic rings. The maximum Gasteiger partial charge on any atom is 0.326 e. The van der Waals surface area contributed by atoms with Gasteiger partial charge in [-0.1, -0.05) is 0 Å². The van der Waals surface area contributed by atoms with Crippen molar-refractivity contribution in [3.63, 3.8) is 0 Å². The van der Waals surface area contributed by atoms with E-state index >= 15 is 0 Å². The van der Waals surface area contributed by atoms with Crippen molar-refractivity contribution in [3.8, 4) is 0 Å². The third-order valence-corrected chi connectivity index (χ3v) is 7.31. The van der Waals surface area contributed by atoms with Crippen LogP contribution in [0.2, 0.25) is 0 Å². The number of benzene rings is 1. The molecule has 1 aliphatic heterocycles. The molecule has 3 rings (SSSR count). The van der Waals surface area contributed by atoms with E-state index in [-0.39, 0.29) is 23.2 Å². The van der Waals surface area contributed by atoms with Gasteiger partial charge in [0.1, 0.15) is 23.8 Å². The van der Waals surface area contributed by atoms with Crippen molar-refractivity contribution >= 4 is 64.7 Å². The lowest BCUT2D eigenvalue weighted by Crippen LogP contribution is -2.56. The number of aliphatic carboxylic acids is 4. The molecular formula is C29H37N9O12. The van der Waals surface area contributed by atoms with E-state index in [1.807, 2.05) is 0 Å². The van der Waals surface area contributed by atoms with E-state index in [1.165, 1.54) is 12.1 Å². The zero-order valence-electron chi connectivity index (χ0n) is 26.4. The van der Waals surface area contributed by atoms with Crippen molar-refractivity contribution in [2.45, 2.75) is 62.7 Å². The van der Waals surface area contributed by atoms with Gasteiger partial charge in [0.25, 0.3) is 11.5 Å². The Morgan fingerprint density at radius 2 is 1.32 bits per heavy atom. The lowest BCUT2D eigenvalue weighted by molar-refractivity contribution is -0.144. The third-order valence-electron chi connectivity index (χ3n) is 7.31. The number of carboxylic acid groups (broad SMARTS) is 4. The number of amides is 3. The van der Waals surface area contributed by atoms with Crippen LogP contribution >= 0.6 is 0 Å². The highest BCUT2D eigenvalue weighted by molar-refractivity contribution is 5.99. The quantitative estimate of drug-likeness (QED) is 0.0785. The fourth-order valence-electron chi connectivity index (χ4n) is 4.72. The van der Waals surface area contributed by atoms with Crippen LogP contribution in [0.25, 0.3) is 0 Å². The van der Waals surface area contributed by atoms with Gasteiger partial charge in [0, 0.05) is 43.6 Å². The van der Waals surface area contributed by atoms with Crippen LogP contribution in [0.5, 0.6) is 0 Å². The number of rotatable bonds is 19. The van der Waals surface area contributed by atoms with Crippen molar-refractivity contribution in [1.82, 2.24) is 25.9 Å². The topological polar surface area (TPSA) is 344 Å².